The Bertz CT molecular complexity index is 434. The van der Waals surface area contributed by atoms with Crippen LogP contribution in [0.25, 0.3) is 0 Å². The van der Waals surface area contributed by atoms with Gasteiger partial charge in [-0.1, -0.05) is 19.1 Å². The van der Waals surface area contributed by atoms with Gasteiger partial charge in [0.1, 0.15) is 6.54 Å². The highest BCUT2D eigenvalue weighted by Crippen LogP contribution is 2.23. The van der Waals surface area contributed by atoms with Crippen LogP contribution < -0.4 is 16.0 Å². The molecular weight excluding hydrogens is 259 g/mol. The van der Waals surface area contributed by atoms with E-state index in [0.29, 0.717) is 17.8 Å². The van der Waals surface area contributed by atoms with Gasteiger partial charge >= 0.3 is 12.2 Å². The molecule has 0 aliphatic carbocycles. The molecule has 0 heterocycles. The zero-order valence-electron chi connectivity index (χ0n) is 10.5. The first kappa shape index (κ1) is 15.1. The third-order valence-electron chi connectivity index (χ3n) is 2.36. The molecule has 0 aliphatic heterocycles. The van der Waals surface area contributed by atoms with E-state index in [4.69, 9.17) is 5.73 Å². The SMILES string of the molecule is CCCN(C(=O)NCC(F)(F)F)c1ccccc1N. The number of urea groups is 1. The number of rotatable bonds is 4. The lowest BCUT2D eigenvalue weighted by molar-refractivity contribution is -0.122. The minimum absolute atomic E-state index is 0.290. The predicted octanol–water partition coefficient (Wildman–Crippen LogP) is 2.76. The van der Waals surface area contributed by atoms with Crippen molar-refractivity contribution in [2.75, 3.05) is 23.7 Å². The maximum Gasteiger partial charge on any atom is 0.405 e. The lowest BCUT2D eigenvalue weighted by atomic mass is 10.2. The number of halogens is 3. The Morgan fingerprint density at radius 3 is 2.53 bits per heavy atom. The van der Waals surface area contributed by atoms with Crippen molar-refractivity contribution in [2.45, 2.75) is 19.5 Å². The first-order chi connectivity index (χ1) is 8.85. The van der Waals surface area contributed by atoms with Gasteiger partial charge in [-0.25, -0.2) is 4.79 Å². The van der Waals surface area contributed by atoms with Gasteiger partial charge in [0, 0.05) is 6.54 Å². The Morgan fingerprint density at radius 1 is 1.37 bits per heavy atom. The molecule has 0 aliphatic rings. The third kappa shape index (κ3) is 4.69. The predicted molar refractivity (Wildman–Crippen MR) is 67.9 cm³/mol. The van der Waals surface area contributed by atoms with Crippen LogP contribution in [0.15, 0.2) is 24.3 Å². The average Bonchev–Trinajstić information content (AvgIpc) is 2.33. The van der Waals surface area contributed by atoms with Crippen LogP contribution in [-0.2, 0) is 0 Å². The van der Waals surface area contributed by atoms with E-state index in [-0.39, 0.29) is 6.54 Å². The highest BCUT2D eigenvalue weighted by Gasteiger charge is 2.29. The van der Waals surface area contributed by atoms with Gasteiger partial charge in [-0.15, -0.1) is 0 Å². The van der Waals surface area contributed by atoms with Gasteiger partial charge in [-0.05, 0) is 18.6 Å². The van der Waals surface area contributed by atoms with Crippen molar-refractivity contribution in [3.8, 4) is 0 Å². The van der Waals surface area contributed by atoms with Gasteiger partial charge in [0.2, 0.25) is 0 Å². The summed E-state index contributed by atoms with van der Waals surface area (Å²) in [5.74, 6) is 0. The van der Waals surface area contributed by atoms with Gasteiger partial charge in [-0.2, -0.15) is 13.2 Å². The molecule has 0 atom stereocenters. The van der Waals surface area contributed by atoms with Crippen molar-refractivity contribution in [1.82, 2.24) is 5.32 Å². The molecule has 0 saturated carbocycles. The van der Waals surface area contributed by atoms with Crippen molar-refractivity contribution < 1.29 is 18.0 Å². The molecule has 7 heteroatoms. The summed E-state index contributed by atoms with van der Waals surface area (Å²) in [7, 11) is 0. The molecule has 19 heavy (non-hydrogen) atoms. The number of anilines is 2. The highest BCUT2D eigenvalue weighted by molar-refractivity contribution is 5.95. The molecular formula is C12H16F3N3O. The number of nitrogen functional groups attached to an aromatic ring is 1. The number of para-hydroxylation sites is 2. The number of nitrogens with zero attached hydrogens (tertiary/aromatic N) is 1. The van der Waals surface area contributed by atoms with Crippen molar-refractivity contribution in [3.63, 3.8) is 0 Å². The van der Waals surface area contributed by atoms with E-state index >= 15 is 0 Å². The molecule has 0 saturated heterocycles. The Labute approximate surface area is 109 Å². The topological polar surface area (TPSA) is 58.4 Å². The fourth-order valence-corrected chi connectivity index (χ4v) is 1.56. The highest BCUT2D eigenvalue weighted by atomic mass is 19.4. The summed E-state index contributed by atoms with van der Waals surface area (Å²) in [6.45, 7) is 0.750. The zero-order chi connectivity index (χ0) is 14.5. The molecule has 3 N–H and O–H groups in total. The smallest absolute Gasteiger partial charge is 0.397 e. The molecule has 2 amide bonds. The van der Waals surface area contributed by atoms with Crippen LogP contribution in [0.2, 0.25) is 0 Å². The lowest BCUT2D eigenvalue weighted by Crippen LogP contribution is -2.44. The molecule has 1 aromatic rings. The molecule has 0 fully saturated rings. The minimum atomic E-state index is -4.43. The Hall–Kier alpha value is -1.92. The maximum absolute atomic E-state index is 12.1. The number of hydrogen-bond donors (Lipinski definition) is 2. The number of amides is 2. The molecule has 0 aromatic heterocycles. The van der Waals surface area contributed by atoms with E-state index in [1.165, 1.54) is 4.90 Å². The van der Waals surface area contributed by atoms with E-state index in [1.807, 2.05) is 12.2 Å². The summed E-state index contributed by atoms with van der Waals surface area (Å²) in [6, 6.07) is 5.74. The fourth-order valence-electron chi connectivity index (χ4n) is 1.56. The van der Waals surface area contributed by atoms with Crippen LogP contribution in [0.5, 0.6) is 0 Å². The minimum Gasteiger partial charge on any atom is -0.397 e. The van der Waals surface area contributed by atoms with Gasteiger partial charge < -0.3 is 11.1 Å². The van der Waals surface area contributed by atoms with Gasteiger partial charge in [0.05, 0.1) is 11.4 Å². The third-order valence-corrected chi connectivity index (χ3v) is 2.36. The van der Waals surface area contributed by atoms with Crippen molar-refractivity contribution in [3.05, 3.63) is 24.3 Å². The molecule has 106 valence electrons. The number of nitrogens with two attached hydrogens (primary N) is 1. The standard InChI is InChI=1S/C12H16F3N3O/c1-2-7-18(10-6-4-3-5-9(10)16)11(19)17-8-12(13,14)15/h3-6H,2,7-8,16H2,1H3,(H,17,19). The number of nitrogens with one attached hydrogen (secondary N) is 1. The molecule has 1 rings (SSSR count). The van der Waals surface area contributed by atoms with Crippen LogP contribution in [0.1, 0.15) is 13.3 Å². The molecule has 1 aromatic carbocycles. The van der Waals surface area contributed by atoms with E-state index < -0.39 is 18.8 Å². The molecule has 4 nitrogen and oxygen atoms in total. The van der Waals surface area contributed by atoms with E-state index in [0.717, 1.165) is 0 Å². The first-order valence-electron chi connectivity index (χ1n) is 5.81. The zero-order valence-corrected chi connectivity index (χ0v) is 10.5. The lowest BCUT2D eigenvalue weighted by Gasteiger charge is -2.24. The Kier molecular flexibility index (Phi) is 5.02. The van der Waals surface area contributed by atoms with Crippen LogP contribution in [0.4, 0.5) is 29.3 Å². The number of carbonyl (C=O) groups is 1. The largest absolute Gasteiger partial charge is 0.405 e. The fraction of sp³-hybridized carbons (Fsp3) is 0.417. The first-order valence-corrected chi connectivity index (χ1v) is 5.81. The van der Waals surface area contributed by atoms with Gasteiger partial charge in [-0.3, -0.25) is 4.90 Å². The summed E-state index contributed by atoms with van der Waals surface area (Å²) >= 11 is 0. The summed E-state index contributed by atoms with van der Waals surface area (Å²) in [5.41, 5.74) is 6.48. The number of benzene rings is 1. The normalized spacial score (nSPS) is 11.2. The van der Waals surface area contributed by atoms with Crippen molar-refractivity contribution in [1.29, 1.82) is 0 Å². The summed E-state index contributed by atoms with van der Waals surface area (Å²) in [6.07, 6.45) is -3.83. The van der Waals surface area contributed by atoms with Gasteiger partial charge in [0.25, 0.3) is 0 Å². The van der Waals surface area contributed by atoms with E-state index in [2.05, 4.69) is 0 Å². The van der Waals surface area contributed by atoms with Crippen LogP contribution in [-0.4, -0.2) is 25.3 Å². The summed E-state index contributed by atoms with van der Waals surface area (Å²) in [4.78, 5) is 13.0. The number of hydrogen-bond acceptors (Lipinski definition) is 2. The van der Waals surface area contributed by atoms with E-state index in [9.17, 15) is 18.0 Å². The summed E-state index contributed by atoms with van der Waals surface area (Å²) in [5, 5.41) is 1.84. The second-order valence-electron chi connectivity index (χ2n) is 3.98. The average molecular weight is 275 g/mol. The summed E-state index contributed by atoms with van der Waals surface area (Å²) < 4.78 is 36.3. The van der Waals surface area contributed by atoms with Crippen molar-refractivity contribution >= 4 is 17.4 Å². The number of carbonyl (C=O) groups excluding carboxylic acids is 1. The Balaban J connectivity index is 2.83. The van der Waals surface area contributed by atoms with Gasteiger partial charge in [0.15, 0.2) is 0 Å². The van der Waals surface area contributed by atoms with Crippen molar-refractivity contribution in [2.24, 2.45) is 0 Å². The molecule has 0 unspecified atom stereocenters. The molecule has 0 bridgehead atoms. The van der Waals surface area contributed by atoms with Crippen LogP contribution in [0.3, 0.4) is 0 Å². The maximum atomic E-state index is 12.1. The van der Waals surface area contributed by atoms with E-state index in [1.54, 1.807) is 24.3 Å². The molecule has 0 spiro atoms. The Morgan fingerprint density at radius 2 is 2.00 bits per heavy atom. The second-order valence-corrected chi connectivity index (χ2v) is 3.98. The monoisotopic (exact) mass is 275 g/mol. The molecule has 0 radical (unpaired) electrons. The number of alkyl halides is 3. The second kappa shape index (κ2) is 6.31. The quantitative estimate of drug-likeness (QED) is 0.830. The van der Waals surface area contributed by atoms with Crippen LogP contribution in [0, 0.1) is 0 Å². The van der Waals surface area contributed by atoms with Crippen LogP contribution >= 0.6 is 0 Å².